The number of carbonyl (C=O) groups is 2. The zero-order valence-electron chi connectivity index (χ0n) is 7.51. The van der Waals surface area contributed by atoms with Gasteiger partial charge in [-0.1, -0.05) is 30.3 Å². The maximum absolute atomic E-state index is 10.6. The molecule has 0 N–H and O–H groups in total. The van der Waals surface area contributed by atoms with E-state index in [1.807, 2.05) is 37.1 Å². The minimum atomic E-state index is -0.580. The molecule has 1 saturated heterocycles. The number of rotatable bonds is 1. The van der Waals surface area contributed by atoms with Gasteiger partial charge >= 0.3 is 6.16 Å². The minimum absolute atomic E-state index is 0.223. The van der Waals surface area contributed by atoms with E-state index >= 15 is 0 Å². The van der Waals surface area contributed by atoms with E-state index in [0.29, 0.717) is 6.61 Å². The van der Waals surface area contributed by atoms with Crippen molar-refractivity contribution in [3.8, 4) is 0 Å². The largest absolute Gasteiger partial charge is 0.509 e. The Morgan fingerprint density at radius 2 is 1.86 bits per heavy atom. The van der Waals surface area contributed by atoms with Gasteiger partial charge in [0.2, 0.25) is 0 Å². The van der Waals surface area contributed by atoms with Gasteiger partial charge in [0.15, 0.2) is 6.10 Å². The second-order valence-corrected chi connectivity index (χ2v) is 2.58. The summed E-state index contributed by atoms with van der Waals surface area (Å²) in [5.74, 6) is 0. The molecule has 0 saturated carbocycles. The average Bonchev–Trinajstić information content (AvgIpc) is 2.69. The molecule has 1 atom stereocenters. The lowest BCUT2D eigenvalue weighted by Crippen LogP contribution is -1.99. The topological polar surface area (TPSA) is 52.6 Å². The molecule has 0 aromatic heterocycles. The smallest absolute Gasteiger partial charge is 0.430 e. The first-order chi connectivity index (χ1) is 6.86. The lowest BCUT2D eigenvalue weighted by Gasteiger charge is -2.04. The number of benzene rings is 1. The molecule has 14 heavy (non-hydrogen) atoms. The summed E-state index contributed by atoms with van der Waals surface area (Å²) in [5, 5.41) is 0. The van der Waals surface area contributed by atoms with Crippen molar-refractivity contribution in [3.05, 3.63) is 35.9 Å². The molecule has 1 aliphatic rings. The Morgan fingerprint density at radius 1 is 1.21 bits per heavy atom. The first kappa shape index (κ1) is 10.2. The summed E-state index contributed by atoms with van der Waals surface area (Å²) < 4.78 is 9.54. The van der Waals surface area contributed by atoms with Crippen molar-refractivity contribution in [2.24, 2.45) is 0 Å². The van der Waals surface area contributed by atoms with Gasteiger partial charge in [-0.2, -0.15) is 0 Å². The Hall–Kier alpha value is -1.84. The molecular formula is C10H10O4. The Labute approximate surface area is 81.4 Å². The Kier molecular flexibility index (Phi) is 3.67. The molecule has 0 spiro atoms. The molecule has 2 rings (SSSR count). The first-order valence-electron chi connectivity index (χ1n) is 4.03. The van der Waals surface area contributed by atoms with Gasteiger partial charge in [0.05, 0.1) is 0 Å². The number of cyclic esters (lactones) is 2. The Balaban J connectivity index is 0.000000461. The molecule has 0 amide bonds. The summed E-state index contributed by atoms with van der Waals surface area (Å²) >= 11 is 0. The van der Waals surface area contributed by atoms with E-state index in [0.717, 1.165) is 5.56 Å². The van der Waals surface area contributed by atoms with Crippen LogP contribution in [-0.2, 0) is 14.3 Å². The molecule has 1 aromatic rings. The van der Waals surface area contributed by atoms with E-state index in [1.54, 1.807) is 0 Å². The highest BCUT2D eigenvalue weighted by atomic mass is 16.8. The molecule has 4 heteroatoms. The van der Waals surface area contributed by atoms with E-state index < -0.39 is 6.16 Å². The Morgan fingerprint density at radius 3 is 2.36 bits per heavy atom. The zero-order chi connectivity index (χ0) is 10.4. The van der Waals surface area contributed by atoms with Crippen LogP contribution in [0, 0.1) is 0 Å². The van der Waals surface area contributed by atoms with Crippen LogP contribution in [0.2, 0.25) is 0 Å². The monoisotopic (exact) mass is 194 g/mol. The van der Waals surface area contributed by atoms with Gasteiger partial charge in [-0.05, 0) is 5.56 Å². The van der Waals surface area contributed by atoms with Crippen molar-refractivity contribution in [2.45, 2.75) is 6.10 Å². The van der Waals surface area contributed by atoms with Crippen molar-refractivity contribution in [3.63, 3.8) is 0 Å². The van der Waals surface area contributed by atoms with Gasteiger partial charge in [-0.15, -0.1) is 0 Å². The van der Waals surface area contributed by atoms with Crippen molar-refractivity contribution in [1.82, 2.24) is 0 Å². The molecule has 0 bridgehead atoms. The third-order valence-electron chi connectivity index (χ3n) is 1.76. The van der Waals surface area contributed by atoms with Crippen LogP contribution in [0.4, 0.5) is 4.79 Å². The molecule has 1 fully saturated rings. The van der Waals surface area contributed by atoms with Crippen molar-refractivity contribution in [2.75, 3.05) is 6.61 Å². The van der Waals surface area contributed by atoms with Crippen LogP contribution in [0.5, 0.6) is 0 Å². The van der Waals surface area contributed by atoms with Crippen LogP contribution in [0.25, 0.3) is 0 Å². The van der Waals surface area contributed by atoms with Gasteiger partial charge in [-0.25, -0.2) is 4.79 Å². The second-order valence-electron chi connectivity index (χ2n) is 2.58. The van der Waals surface area contributed by atoms with Crippen molar-refractivity contribution < 1.29 is 19.1 Å². The fourth-order valence-corrected chi connectivity index (χ4v) is 1.16. The molecule has 4 nitrogen and oxygen atoms in total. The summed E-state index contributed by atoms with van der Waals surface area (Å²) in [4.78, 5) is 18.6. The van der Waals surface area contributed by atoms with E-state index in [-0.39, 0.29) is 6.10 Å². The fraction of sp³-hybridized carbons (Fsp3) is 0.200. The maximum atomic E-state index is 10.6. The highest BCUT2D eigenvalue weighted by Gasteiger charge is 2.25. The number of carbonyl (C=O) groups excluding carboxylic acids is 2. The molecular weight excluding hydrogens is 184 g/mol. The molecule has 0 aliphatic carbocycles. The van der Waals surface area contributed by atoms with Crippen LogP contribution in [0.1, 0.15) is 11.7 Å². The Bertz CT molecular complexity index is 296. The zero-order valence-corrected chi connectivity index (χ0v) is 7.51. The number of ether oxygens (including phenoxy) is 2. The minimum Gasteiger partial charge on any atom is -0.430 e. The van der Waals surface area contributed by atoms with Crippen LogP contribution in [0.15, 0.2) is 30.3 Å². The normalized spacial score (nSPS) is 18.9. The van der Waals surface area contributed by atoms with Gasteiger partial charge < -0.3 is 14.3 Å². The van der Waals surface area contributed by atoms with Crippen molar-refractivity contribution >= 4 is 12.9 Å². The maximum Gasteiger partial charge on any atom is 0.509 e. The second kappa shape index (κ2) is 5.01. The molecule has 1 heterocycles. The third kappa shape index (κ3) is 2.32. The van der Waals surface area contributed by atoms with Gasteiger partial charge in [-0.3, -0.25) is 0 Å². The molecule has 0 radical (unpaired) electrons. The van der Waals surface area contributed by atoms with E-state index in [2.05, 4.69) is 4.74 Å². The van der Waals surface area contributed by atoms with Crippen LogP contribution >= 0.6 is 0 Å². The molecule has 74 valence electrons. The van der Waals surface area contributed by atoms with Gasteiger partial charge in [0.25, 0.3) is 0 Å². The lowest BCUT2D eigenvalue weighted by atomic mass is 10.1. The highest BCUT2D eigenvalue weighted by molar-refractivity contribution is 5.62. The quantitative estimate of drug-likeness (QED) is 0.638. The first-order valence-corrected chi connectivity index (χ1v) is 4.03. The lowest BCUT2D eigenvalue weighted by molar-refractivity contribution is -0.0979. The van der Waals surface area contributed by atoms with Crippen LogP contribution < -0.4 is 0 Å². The summed E-state index contributed by atoms with van der Waals surface area (Å²) in [7, 11) is 0. The number of hydrogen-bond donors (Lipinski definition) is 0. The van der Waals surface area contributed by atoms with E-state index in [9.17, 15) is 4.79 Å². The molecule has 1 aromatic carbocycles. The van der Waals surface area contributed by atoms with E-state index in [1.165, 1.54) is 0 Å². The number of hydrogen-bond acceptors (Lipinski definition) is 4. The fourth-order valence-electron chi connectivity index (χ4n) is 1.16. The molecule has 1 aliphatic heterocycles. The summed E-state index contributed by atoms with van der Waals surface area (Å²) in [6.07, 6.45) is -0.803. The van der Waals surface area contributed by atoms with Crippen molar-refractivity contribution in [1.29, 1.82) is 0 Å². The van der Waals surface area contributed by atoms with Gasteiger partial charge in [0, 0.05) is 0 Å². The molecule has 1 unspecified atom stereocenters. The standard InChI is InChI=1S/C9H8O3.CH2O/c10-9-11-6-8(12-9)7-4-2-1-3-5-7;1-2/h1-5,8H,6H2;1H2. The predicted octanol–water partition coefficient (Wildman–Crippen LogP) is 1.71. The van der Waals surface area contributed by atoms with Gasteiger partial charge in [0.1, 0.15) is 13.4 Å². The van der Waals surface area contributed by atoms with Crippen LogP contribution in [0.3, 0.4) is 0 Å². The summed E-state index contributed by atoms with van der Waals surface area (Å²) in [6, 6.07) is 9.55. The summed E-state index contributed by atoms with van der Waals surface area (Å²) in [5.41, 5.74) is 0.975. The highest BCUT2D eigenvalue weighted by Crippen LogP contribution is 2.22. The van der Waals surface area contributed by atoms with E-state index in [4.69, 9.17) is 9.53 Å². The van der Waals surface area contributed by atoms with Crippen LogP contribution in [-0.4, -0.2) is 19.6 Å². The summed E-state index contributed by atoms with van der Waals surface area (Å²) in [6.45, 7) is 2.32. The third-order valence-corrected chi connectivity index (χ3v) is 1.76. The SMILES string of the molecule is C=O.O=C1OCC(c2ccccc2)O1. The average molecular weight is 194 g/mol. The predicted molar refractivity (Wildman–Crippen MR) is 48.7 cm³/mol.